The Morgan fingerprint density at radius 1 is 0.786 bits per heavy atom. The summed E-state index contributed by atoms with van der Waals surface area (Å²) in [5, 5.41) is 22.1. The Hall–Kier alpha value is -2.40. The minimum Gasteiger partial charge on any atom is -0.537 e. The predicted molar refractivity (Wildman–Crippen MR) is 117 cm³/mol. The van der Waals surface area contributed by atoms with Crippen LogP contribution in [0.1, 0.15) is 37.5 Å². The molecule has 0 bridgehead atoms. The molecule has 0 aromatic heterocycles. The average molecular weight is 393 g/mol. The van der Waals surface area contributed by atoms with Crippen molar-refractivity contribution in [2.24, 2.45) is 0 Å². The average Bonchev–Trinajstić information content (AvgIpc) is 2.72. The van der Waals surface area contributed by atoms with Gasteiger partial charge in [-0.3, -0.25) is 0 Å². The van der Waals surface area contributed by atoms with Crippen LogP contribution in [0.4, 0.5) is 0 Å². The molecule has 0 aliphatic heterocycles. The maximum Gasteiger partial charge on any atom is 0.299 e. The lowest BCUT2D eigenvalue weighted by atomic mass is 9.84. The first-order chi connectivity index (χ1) is 13.4. The Morgan fingerprint density at radius 3 is 1.75 bits per heavy atom. The van der Waals surface area contributed by atoms with Crippen molar-refractivity contribution >= 4 is 19.4 Å². The van der Waals surface area contributed by atoms with Crippen LogP contribution in [0.15, 0.2) is 72.8 Å². The van der Waals surface area contributed by atoms with E-state index in [2.05, 4.69) is 45.0 Å². The zero-order chi connectivity index (χ0) is 20.1. The minimum absolute atomic E-state index is 0.0609. The van der Waals surface area contributed by atoms with E-state index in [4.69, 9.17) is 4.43 Å². The largest absolute Gasteiger partial charge is 0.537 e. The van der Waals surface area contributed by atoms with Crippen molar-refractivity contribution in [1.82, 2.24) is 0 Å². The van der Waals surface area contributed by atoms with Gasteiger partial charge in [0.15, 0.2) is 0 Å². The fraction of sp³-hybridized carbons (Fsp3) is 0.250. The van der Waals surface area contributed by atoms with Gasteiger partial charge in [-0.15, -0.1) is 0 Å². The molecule has 3 nitrogen and oxygen atoms in total. The van der Waals surface area contributed by atoms with E-state index in [-0.39, 0.29) is 18.6 Å². The topological polar surface area (TPSA) is 49.7 Å². The van der Waals surface area contributed by atoms with Crippen LogP contribution in [-0.2, 0) is 18.6 Å². The molecule has 0 aliphatic carbocycles. The SMILES string of the molecule is CC(C)(C)c1cc(CO)cc(CO)c1O[SiH](c1ccccc1)c1ccccc1. The third kappa shape index (κ3) is 4.53. The third-order valence-electron chi connectivity index (χ3n) is 4.83. The zero-order valence-corrected chi connectivity index (χ0v) is 17.9. The van der Waals surface area contributed by atoms with Crippen molar-refractivity contribution in [3.8, 4) is 5.75 Å². The van der Waals surface area contributed by atoms with Crippen LogP contribution >= 0.6 is 0 Å². The Balaban J connectivity index is 2.15. The van der Waals surface area contributed by atoms with E-state index in [0.29, 0.717) is 0 Å². The van der Waals surface area contributed by atoms with Crippen molar-refractivity contribution < 1.29 is 14.6 Å². The number of aliphatic hydroxyl groups excluding tert-OH is 2. The monoisotopic (exact) mass is 392 g/mol. The van der Waals surface area contributed by atoms with E-state index in [1.807, 2.05) is 48.5 Å². The van der Waals surface area contributed by atoms with Crippen LogP contribution in [0.5, 0.6) is 5.75 Å². The van der Waals surface area contributed by atoms with Crippen LogP contribution < -0.4 is 14.8 Å². The molecule has 0 atom stereocenters. The molecule has 3 aromatic rings. The van der Waals surface area contributed by atoms with E-state index in [9.17, 15) is 10.2 Å². The maximum absolute atomic E-state index is 10.0. The fourth-order valence-corrected chi connectivity index (χ4v) is 5.68. The second-order valence-electron chi connectivity index (χ2n) is 8.02. The number of hydrogen-bond acceptors (Lipinski definition) is 3. The molecule has 0 unspecified atom stereocenters. The molecular weight excluding hydrogens is 364 g/mol. The number of rotatable bonds is 6. The third-order valence-corrected chi connectivity index (χ3v) is 7.28. The molecule has 0 amide bonds. The van der Waals surface area contributed by atoms with Crippen LogP contribution in [0.25, 0.3) is 0 Å². The maximum atomic E-state index is 10.0. The Labute approximate surface area is 169 Å². The van der Waals surface area contributed by atoms with Crippen LogP contribution in [0.2, 0.25) is 0 Å². The highest BCUT2D eigenvalue weighted by molar-refractivity contribution is 6.80. The smallest absolute Gasteiger partial charge is 0.299 e. The van der Waals surface area contributed by atoms with Crippen LogP contribution in [0.3, 0.4) is 0 Å². The van der Waals surface area contributed by atoms with Gasteiger partial charge in [0.2, 0.25) is 0 Å². The summed E-state index contributed by atoms with van der Waals surface area (Å²) in [6.07, 6.45) is 0. The van der Waals surface area contributed by atoms with Crippen molar-refractivity contribution in [3.05, 3.63) is 89.5 Å². The highest BCUT2D eigenvalue weighted by atomic mass is 28.3. The molecule has 146 valence electrons. The molecule has 0 spiro atoms. The van der Waals surface area contributed by atoms with Gasteiger partial charge in [-0.05, 0) is 39.0 Å². The summed E-state index contributed by atoms with van der Waals surface area (Å²) in [7, 11) is -2.02. The standard InChI is InChI=1S/C24H28O3Si/c1-24(2,3)22-15-18(16-25)14-19(17-26)23(22)27-28(20-10-6-4-7-11-20)21-12-8-5-9-13-21/h4-15,25-26,28H,16-17H2,1-3H3. The van der Waals surface area contributed by atoms with Gasteiger partial charge < -0.3 is 14.6 Å². The second kappa shape index (κ2) is 8.74. The van der Waals surface area contributed by atoms with Crippen molar-refractivity contribution in [2.45, 2.75) is 39.4 Å². The Kier molecular flexibility index (Phi) is 6.34. The number of benzene rings is 3. The van der Waals surface area contributed by atoms with Gasteiger partial charge in [-0.25, -0.2) is 0 Å². The highest BCUT2D eigenvalue weighted by Gasteiger charge is 2.27. The first-order valence-corrected chi connectivity index (χ1v) is 11.2. The highest BCUT2D eigenvalue weighted by Crippen LogP contribution is 2.36. The summed E-state index contributed by atoms with van der Waals surface area (Å²) >= 11 is 0. The summed E-state index contributed by atoms with van der Waals surface area (Å²) in [5.74, 6) is 0.747. The van der Waals surface area contributed by atoms with Gasteiger partial charge in [-0.1, -0.05) is 81.4 Å². The lowest BCUT2D eigenvalue weighted by Gasteiger charge is -2.29. The van der Waals surface area contributed by atoms with Crippen LogP contribution in [-0.4, -0.2) is 19.3 Å². The molecule has 3 aromatic carbocycles. The number of aliphatic hydroxyl groups is 2. The summed E-state index contributed by atoms with van der Waals surface area (Å²) in [6.45, 7) is 6.18. The molecule has 3 rings (SSSR count). The Morgan fingerprint density at radius 2 is 1.32 bits per heavy atom. The molecular formula is C24H28O3Si. The summed E-state index contributed by atoms with van der Waals surface area (Å²) in [5.41, 5.74) is 2.34. The minimum atomic E-state index is -2.02. The second-order valence-corrected chi connectivity index (χ2v) is 10.3. The summed E-state index contributed by atoms with van der Waals surface area (Å²) in [6, 6.07) is 24.4. The summed E-state index contributed by atoms with van der Waals surface area (Å²) in [4.78, 5) is 0. The van der Waals surface area contributed by atoms with Crippen molar-refractivity contribution in [1.29, 1.82) is 0 Å². The number of hydrogen-bond donors (Lipinski definition) is 2. The van der Waals surface area contributed by atoms with E-state index < -0.39 is 9.04 Å². The van der Waals surface area contributed by atoms with Crippen molar-refractivity contribution in [2.75, 3.05) is 0 Å². The zero-order valence-electron chi connectivity index (χ0n) is 16.7. The summed E-state index contributed by atoms with van der Waals surface area (Å²) < 4.78 is 6.76. The van der Waals surface area contributed by atoms with Gasteiger partial charge in [0.1, 0.15) is 5.75 Å². The van der Waals surface area contributed by atoms with Gasteiger partial charge in [-0.2, -0.15) is 0 Å². The lowest BCUT2D eigenvalue weighted by Crippen LogP contribution is -2.48. The van der Waals surface area contributed by atoms with Crippen molar-refractivity contribution in [3.63, 3.8) is 0 Å². The molecule has 0 saturated heterocycles. The quantitative estimate of drug-likeness (QED) is 0.634. The first-order valence-electron chi connectivity index (χ1n) is 9.58. The molecule has 28 heavy (non-hydrogen) atoms. The fourth-order valence-electron chi connectivity index (χ4n) is 3.36. The van der Waals surface area contributed by atoms with E-state index in [0.717, 1.165) is 22.4 Å². The molecule has 0 aliphatic rings. The van der Waals surface area contributed by atoms with E-state index in [1.165, 1.54) is 10.4 Å². The molecule has 0 saturated carbocycles. The normalized spacial score (nSPS) is 11.6. The van der Waals surface area contributed by atoms with Gasteiger partial charge >= 0.3 is 0 Å². The predicted octanol–water partition coefficient (Wildman–Crippen LogP) is 2.89. The molecule has 0 fully saturated rings. The Bertz CT molecular complexity index is 863. The first kappa shape index (κ1) is 20.3. The van der Waals surface area contributed by atoms with Gasteiger partial charge in [0.25, 0.3) is 9.04 Å². The van der Waals surface area contributed by atoms with Gasteiger partial charge in [0.05, 0.1) is 13.2 Å². The molecule has 0 heterocycles. The molecule has 0 radical (unpaired) electrons. The van der Waals surface area contributed by atoms with Gasteiger partial charge in [0, 0.05) is 5.56 Å². The molecule has 4 heteroatoms. The lowest BCUT2D eigenvalue weighted by molar-refractivity contribution is 0.272. The van der Waals surface area contributed by atoms with Crippen LogP contribution in [0, 0.1) is 0 Å². The molecule has 2 N–H and O–H groups in total. The van der Waals surface area contributed by atoms with E-state index in [1.54, 1.807) is 0 Å². The van der Waals surface area contributed by atoms with E-state index >= 15 is 0 Å².